The highest BCUT2D eigenvalue weighted by atomic mass is 35.5. The molecule has 2 aliphatic heterocycles. The maximum Gasteiger partial charge on any atom is 0.225 e. The summed E-state index contributed by atoms with van der Waals surface area (Å²) in [5.74, 6) is 1.33. The Hall–Kier alpha value is -0.406. The molecule has 0 aromatic rings. The molecule has 1 saturated carbocycles. The molecule has 1 amide bonds. The van der Waals surface area contributed by atoms with E-state index in [0.29, 0.717) is 30.4 Å². The maximum atomic E-state index is 12.7. The topological polar surface area (TPSA) is 38.8 Å². The minimum absolute atomic E-state index is 0.0850. The van der Waals surface area contributed by atoms with Crippen molar-refractivity contribution in [1.29, 1.82) is 0 Å². The summed E-state index contributed by atoms with van der Waals surface area (Å²) in [5.41, 5.74) is 0.0850. The molecule has 1 spiro atoms. The number of nitrogens with zero attached hydrogens (tertiary/aromatic N) is 1. The van der Waals surface area contributed by atoms with Crippen molar-refractivity contribution < 1.29 is 13.6 Å². The molecule has 4 nitrogen and oxygen atoms in total. The van der Waals surface area contributed by atoms with Gasteiger partial charge in [0.05, 0.1) is 6.10 Å². The van der Waals surface area contributed by atoms with E-state index in [4.69, 9.17) is 20.5 Å². The van der Waals surface area contributed by atoms with Crippen LogP contribution in [0.15, 0.2) is 23.3 Å². The van der Waals surface area contributed by atoms with Crippen molar-refractivity contribution >= 4 is 34.1 Å². The number of halogens is 1. The summed E-state index contributed by atoms with van der Waals surface area (Å²) in [7, 11) is -3.62. The van der Waals surface area contributed by atoms with Gasteiger partial charge in [-0.1, -0.05) is 78.6 Å². The average molecular weight is 596 g/mol. The Balaban J connectivity index is 1.76. The van der Waals surface area contributed by atoms with E-state index >= 15 is 0 Å². The standard InChI is InChI=1S/C32H58ClNO3Si2/c1-10-39(11-2,12-3)37-28(23-26(33)19-22-36-38(8,9)31(5,6)7)18-17-25(4)29-16-14-21-32(29)20-13-15-27-24-30(35)34(27)32/h17-18,23,25,27-29H,10-16,19-22,24H2,1-9H3/b18-17+,26-23-/t25-,27-,28-,29-,32-/m1/s1. The molecule has 39 heavy (non-hydrogen) atoms. The van der Waals surface area contributed by atoms with Crippen molar-refractivity contribution in [3.63, 3.8) is 0 Å². The highest BCUT2D eigenvalue weighted by Crippen LogP contribution is 2.54. The summed E-state index contributed by atoms with van der Waals surface area (Å²) in [4.78, 5) is 15.0. The van der Waals surface area contributed by atoms with Crippen LogP contribution in [0.25, 0.3) is 0 Å². The second-order valence-electron chi connectivity index (χ2n) is 14.2. The van der Waals surface area contributed by atoms with E-state index in [0.717, 1.165) is 36.0 Å². The number of hydrogen-bond acceptors (Lipinski definition) is 3. The Labute approximate surface area is 247 Å². The van der Waals surface area contributed by atoms with Crippen LogP contribution in [0, 0.1) is 11.8 Å². The molecule has 3 aliphatic rings. The second kappa shape index (κ2) is 13.3. The van der Waals surface area contributed by atoms with Crippen LogP contribution in [0.5, 0.6) is 0 Å². The highest BCUT2D eigenvalue weighted by Gasteiger charge is 2.57. The van der Waals surface area contributed by atoms with Gasteiger partial charge in [-0.3, -0.25) is 4.79 Å². The van der Waals surface area contributed by atoms with Gasteiger partial charge >= 0.3 is 0 Å². The smallest absolute Gasteiger partial charge is 0.225 e. The van der Waals surface area contributed by atoms with E-state index in [1.165, 1.54) is 38.5 Å². The lowest BCUT2D eigenvalue weighted by atomic mass is 9.68. The molecule has 0 N–H and O–H groups in total. The Bertz CT molecular complexity index is 886. The quantitative estimate of drug-likeness (QED) is 0.121. The van der Waals surface area contributed by atoms with Gasteiger partial charge in [0.2, 0.25) is 5.91 Å². The number of rotatable bonds is 13. The Morgan fingerprint density at radius 1 is 1.10 bits per heavy atom. The van der Waals surface area contributed by atoms with E-state index in [9.17, 15) is 4.79 Å². The van der Waals surface area contributed by atoms with Crippen molar-refractivity contribution in [2.24, 2.45) is 11.8 Å². The third-order valence-electron chi connectivity index (χ3n) is 11.0. The van der Waals surface area contributed by atoms with Gasteiger partial charge in [0.1, 0.15) is 0 Å². The van der Waals surface area contributed by atoms with Crippen molar-refractivity contribution in [3.05, 3.63) is 23.3 Å². The van der Waals surface area contributed by atoms with E-state index in [1.807, 2.05) is 0 Å². The van der Waals surface area contributed by atoms with Crippen LogP contribution >= 0.6 is 11.6 Å². The molecule has 3 rings (SSSR count). The first-order chi connectivity index (χ1) is 18.2. The summed E-state index contributed by atoms with van der Waals surface area (Å²) in [6.45, 7) is 21.3. The van der Waals surface area contributed by atoms with Crippen LogP contribution in [-0.4, -0.2) is 51.7 Å². The van der Waals surface area contributed by atoms with Gasteiger partial charge in [0.15, 0.2) is 16.6 Å². The minimum Gasteiger partial charge on any atom is -0.416 e. The maximum absolute atomic E-state index is 12.7. The molecule has 1 aliphatic carbocycles. The predicted octanol–water partition coefficient (Wildman–Crippen LogP) is 9.43. The first-order valence-corrected chi connectivity index (χ1v) is 21.7. The normalized spacial score (nSPS) is 28.2. The van der Waals surface area contributed by atoms with E-state index < -0.39 is 16.6 Å². The lowest BCUT2D eigenvalue weighted by molar-refractivity contribution is -0.168. The monoisotopic (exact) mass is 595 g/mol. The zero-order chi connectivity index (χ0) is 29.1. The number of β-lactam (4-membered cyclic amide) rings is 1. The molecule has 0 radical (unpaired) electrons. The number of amides is 1. The molecule has 0 bridgehead atoms. The molecule has 7 heteroatoms. The largest absolute Gasteiger partial charge is 0.416 e. The van der Waals surface area contributed by atoms with Gasteiger partial charge in [-0.25, -0.2) is 0 Å². The molecule has 0 aromatic heterocycles. The molecular formula is C32H58ClNO3Si2. The SMILES string of the molecule is CC[Si](CC)(CC)O[C@@H](/C=C(\Cl)CCO[Si](C)(C)C(C)(C)C)/C=C/[C@@H](C)[C@H]1CCC[C@]12CCC[C@@H]1CC(=O)N12. The van der Waals surface area contributed by atoms with Crippen molar-refractivity contribution in [2.45, 2.75) is 154 Å². The van der Waals surface area contributed by atoms with Crippen LogP contribution in [-0.2, 0) is 13.6 Å². The number of fused-ring (bicyclic) bond motifs is 2. The summed E-state index contributed by atoms with van der Waals surface area (Å²) in [5, 5.41) is 1.03. The van der Waals surface area contributed by atoms with Gasteiger partial charge in [0, 0.05) is 36.1 Å². The summed E-state index contributed by atoms with van der Waals surface area (Å²) in [6.07, 6.45) is 15.5. The van der Waals surface area contributed by atoms with Crippen LogP contribution in [0.1, 0.15) is 99.8 Å². The third-order valence-corrected chi connectivity index (χ3v) is 20.5. The zero-order valence-electron chi connectivity index (χ0n) is 26.6. The second-order valence-corrected chi connectivity index (χ2v) is 24.2. The van der Waals surface area contributed by atoms with E-state index in [1.54, 1.807) is 0 Å². The Kier molecular flexibility index (Phi) is 11.3. The van der Waals surface area contributed by atoms with Gasteiger partial charge in [-0.2, -0.15) is 0 Å². The molecule has 2 heterocycles. The molecule has 0 aromatic carbocycles. The summed E-state index contributed by atoms with van der Waals surface area (Å²) in [6, 6.07) is 3.85. The fraction of sp³-hybridized carbons (Fsp3) is 0.844. The molecular weight excluding hydrogens is 538 g/mol. The summed E-state index contributed by atoms with van der Waals surface area (Å²) >= 11 is 6.85. The van der Waals surface area contributed by atoms with Gasteiger partial charge in [0.25, 0.3) is 0 Å². The van der Waals surface area contributed by atoms with Gasteiger partial charge in [-0.05, 0) is 86.3 Å². The van der Waals surface area contributed by atoms with Crippen LogP contribution in [0.4, 0.5) is 0 Å². The van der Waals surface area contributed by atoms with Crippen molar-refractivity contribution in [3.8, 4) is 0 Å². The van der Waals surface area contributed by atoms with Crippen molar-refractivity contribution in [1.82, 2.24) is 4.90 Å². The molecule has 2 saturated heterocycles. The fourth-order valence-corrected chi connectivity index (χ4v) is 11.2. The lowest BCUT2D eigenvalue weighted by Gasteiger charge is -2.59. The Morgan fingerprint density at radius 3 is 2.28 bits per heavy atom. The van der Waals surface area contributed by atoms with Crippen LogP contribution < -0.4 is 0 Å². The predicted molar refractivity (Wildman–Crippen MR) is 171 cm³/mol. The third kappa shape index (κ3) is 7.33. The number of piperidine rings is 1. The molecule has 224 valence electrons. The zero-order valence-corrected chi connectivity index (χ0v) is 29.3. The first-order valence-electron chi connectivity index (χ1n) is 15.9. The number of allylic oxidation sites excluding steroid dienone is 1. The minimum atomic E-state index is -1.83. The molecule has 3 fully saturated rings. The number of carbonyl (C=O) groups is 1. The van der Waals surface area contributed by atoms with Gasteiger partial charge in [-0.15, -0.1) is 0 Å². The fourth-order valence-electron chi connectivity index (χ4n) is 7.25. The van der Waals surface area contributed by atoms with Crippen LogP contribution in [0.3, 0.4) is 0 Å². The molecule has 5 atom stereocenters. The highest BCUT2D eigenvalue weighted by molar-refractivity contribution is 6.74. The van der Waals surface area contributed by atoms with E-state index in [-0.39, 0.29) is 16.7 Å². The number of hydrogen-bond donors (Lipinski definition) is 0. The number of carbonyl (C=O) groups excluding carboxylic acids is 1. The van der Waals surface area contributed by atoms with Crippen molar-refractivity contribution in [2.75, 3.05) is 6.61 Å². The van der Waals surface area contributed by atoms with Gasteiger partial charge < -0.3 is 13.8 Å². The Morgan fingerprint density at radius 2 is 1.72 bits per heavy atom. The summed E-state index contributed by atoms with van der Waals surface area (Å²) < 4.78 is 13.4. The molecule has 0 unspecified atom stereocenters. The van der Waals surface area contributed by atoms with E-state index in [2.05, 4.69) is 84.7 Å². The van der Waals surface area contributed by atoms with Crippen LogP contribution in [0.2, 0.25) is 36.3 Å². The average Bonchev–Trinajstić information content (AvgIpc) is 3.26. The first kappa shape index (κ1) is 33.1. The lowest BCUT2D eigenvalue weighted by Crippen LogP contribution is -2.68.